The zero-order chi connectivity index (χ0) is 25.5. The highest BCUT2D eigenvalue weighted by Gasteiger charge is 2.30. The highest BCUT2D eigenvalue weighted by molar-refractivity contribution is 5.86. The number of fused-ring (bicyclic) bond motifs is 1. The summed E-state index contributed by atoms with van der Waals surface area (Å²) in [7, 11) is 0. The summed E-state index contributed by atoms with van der Waals surface area (Å²) < 4.78 is 43.1. The number of azo groups is 1. The topological polar surface area (TPSA) is 122 Å². The van der Waals surface area contributed by atoms with Crippen LogP contribution in [0.15, 0.2) is 74.7 Å². The average molecular weight is 500 g/mol. The van der Waals surface area contributed by atoms with E-state index in [1.165, 1.54) is 12.1 Å². The second kappa shape index (κ2) is 11.1. The third-order valence-corrected chi connectivity index (χ3v) is 5.54. The molecule has 1 aromatic heterocycles. The zero-order valence-electron chi connectivity index (χ0n) is 19.1. The lowest BCUT2D eigenvalue weighted by atomic mass is 9.93. The molecule has 0 bridgehead atoms. The Morgan fingerprint density at radius 1 is 1.06 bits per heavy atom. The Balaban J connectivity index is 1.14. The van der Waals surface area contributed by atoms with E-state index >= 15 is 0 Å². The van der Waals surface area contributed by atoms with Gasteiger partial charge in [-0.25, -0.2) is 0 Å². The van der Waals surface area contributed by atoms with Gasteiger partial charge in [0, 0.05) is 37.1 Å². The van der Waals surface area contributed by atoms with Gasteiger partial charge in [0.1, 0.15) is 0 Å². The van der Waals surface area contributed by atoms with Crippen LogP contribution >= 0.6 is 0 Å². The Hall–Kier alpha value is -4.09. The second-order valence-electron chi connectivity index (χ2n) is 8.13. The van der Waals surface area contributed by atoms with Gasteiger partial charge in [-0.3, -0.25) is 9.59 Å². The first kappa shape index (κ1) is 25.0. The fourth-order valence-corrected chi connectivity index (χ4v) is 3.62. The number of unbranched alkanes of at least 4 members (excludes halogenated alkanes) is 1. The van der Waals surface area contributed by atoms with Crippen molar-refractivity contribution in [1.82, 2.24) is 20.8 Å². The van der Waals surface area contributed by atoms with Crippen LogP contribution in [0.4, 0.5) is 13.2 Å². The second-order valence-corrected chi connectivity index (χ2v) is 8.13. The molecule has 0 saturated heterocycles. The molecule has 0 fully saturated rings. The van der Waals surface area contributed by atoms with E-state index in [2.05, 4.69) is 31.0 Å². The van der Waals surface area contributed by atoms with Crippen LogP contribution in [0, 0.1) is 5.92 Å². The van der Waals surface area contributed by atoms with Crippen LogP contribution in [-0.4, -0.2) is 35.0 Å². The van der Waals surface area contributed by atoms with Crippen molar-refractivity contribution >= 4 is 11.8 Å². The van der Waals surface area contributed by atoms with Crippen LogP contribution in [0.1, 0.15) is 30.7 Å². The summed E-state index contributed by atoms with van der Waals surface area (Å²) in [6, 6.07) is 4.45. The molecule has 1 atom stereocenters. The molecule has 0 saturated carbocycles. The monoisotopic (exact) mass is 500 g/mol. The SMILES string of the molecule is O=C(CCc1nc(-c2ccc(C(F)(F)F)cc2)no1)NCCCCNC1=C2C=CC=CC2C(=O)N=N1. The van der Waals surface area contributed by atoms with E-state index < -0.39 is 11.7 Å². The molecule has 4 rings (SSSR count). The molecule has 9 nitrogen and oxygen atoms in total. The molecule has 2 N–H and O–H groups in total. The summed E-state index contributed by atoms with van der Waals surface area (Å²) in [6.45, 7) is 1.10. The van der Waals surface area contributed by atoms with E-state index in [-0.39, 0.29) is 42.3 Å². The molecule has 12 heteroatoms. The van der Waals surface area contributed by atoms with E-state index in [9.17, 15) is 22.8 Å². The summed E-state index contributed by atoms with van der Waals surface area (Å²) >= 11 is 0. The van der Waals surface area contributed by atoms with Crippen LogP contribution in [0.25, 0.3) is 11.4 Å². The fraction of sp³-hybridized carbons (Fsp3) is 0.333. The number of carbonyl (C=O) groups is 2. The number of hydrogen-bond donors (Lipinski definition) is 2. The highest BCUT2D eigenvalue weighted by atomic mass is 19.4. The fourth-order valence-electron chi connectivity index (χ4n) is 3.62. The molecule has 2 aromatic rings. The molecule has 2 amide bonds. The molecule has 0 spiro atoms. The molecule has 36 heavy (non-hydrogen) atoms. The van der Waals surface area contributed by atoms with Crippen LogP contribution in [0.5, 0.6) is 0 Å². The normalized spacial score (nSPS) is 16.9. The summed E-state index contributed by atoms with van der Waals surface area (Å²) in [6.07, 6.45) is 4.73. The van der Waals surface area contributed by atoms with Gasteiger partial charge in [-0.2, -0.15) is 18.2 Å². The van der Waals surface area contributed by atoms with Gasteiger partial charge in [0.15, 0.2) is 5.82 Å². The number of aromatic nitrogens is 2. The van der Waals surface area contributed by atoms with Gasteiger partial charge in [0.05, 0.1) is 11.5 Å². The van der Waals surface area contributed by atoms with Gasteiger partial charge in [0.2, 0.25) is 17.6 Å². The Morgan fingerprint density at radius 3 is 2.61 bits per heavy atom. The molecular formula is C24H23F3N6O3. The molecule has 0 radical (unpaired) electrons. The molecule has 2 heterocycles. The number of allylic oxidation sites excluding steroid dienone is 3. The molecule has 188 valence electrons. The van der Waals surface area contributed by atoms with E-state index in [4.69, 9.17) is 4.52 Å². The number of hydrogen-bond acceptors (Lipinski definition) is 7. The van der Waals surface area contributed by atoms with E-state index in [1.807, 2.05) is 18.2 Å². The predicted octanol–water partition coefficient (Wildman–Crippen LogP) is 4.12. The van der Waals surface area contributed by atoms with Crippen molar-refractivity contribution in [3.8, 4) is 11.4 Å². The van der Waals surface area contributed by atoms with Crippen molar-refractivity contribution in [3.05, 3.63) is 71.4 Å². The smallest absolute Gasteiger partial charge is 0.368 e. The van der Waals surface area contributed by atoms with Crippen molar-refractivity contribution in [2.24, 2.45) is 16.1 Å². The number of halogens is 3. The Bertz CT molecular complexity index is 1230. The zero-order valence-corrected chi connectivity index (χ0v) is 19.1. The Labute approximate surface area is 204 Å². The van der Waals surface area contributed by atoms with Crippen LogP contribution < -0.4 is 10.6 Å². The maximum Gasteiger partial charge on any atom is 0.416 e. The lowest BCUT2D eigenvalue weighted by Crippen LogP contribution is -2.26. The third kappa shape index (κ3) is 6.32. The summed E-state index contributed by atoms with van der Waals surface area (Å²) in [5, 5.41) is 17.4. The Kier molecular flexibility index (Phi) is 7.71. The van der Waals surface area contributed by atoms with Crippen molar-refractivity contribution in [2.45, 2.75) is 31.9 Å². The number of aryl methyl sites for hydroxylation is 1. The minimum Gasteiger partial charge on any atom is -0.368 e. The lowest BCUT2D eigenvalue weighted by Gasteiger charge is -2.20. The van der Waals surface area contributed by atoms with Crippen molar-refractivity contribution in [3.63, 3.8) is 0 Å². The molecule has 2 aliphatic rings. The minimum absolute atomic E-state index is 0.138. The van der Waals surface area contributed by atoms with Crippen molar-refractivity contribution < 1.29 is 27.3 Å². The molecule has 1 aliphatic carbocycles. The third-order valence-electron chi connectivity index (χ3n) is 5.54. The van der Waals surface area contributed by atoms with Gasteiger partial charge in [-0.15, -0.1) is 10.2 Å². The minimum atomic E-state index is -4.42. The summed E-state index contributed by atoms with van der Waals surface area (Å²) in [5.41, 5.74) is 0.428. The van der Waals surface area contributed by atoms with Crippen LogP contribution in [-0.2, 0) is 22.2 Å². The molecule has 1 aromatic carbocycles. The van der Waals surface area contributed by atoms with Gasteiger partial charge < -0.3 is 15.2 Å². The maximum absolute atomic E-state index is 12.7. The van der Waals surface area contributed by atoms with Crippen LogP contribution in [0.3, 0.4) is 0 Å². The average Bonchev–Trinajstić information content (AvgIpc) is 3.35. The van der Waals surface area contributed by atoms with Crippen molar-refractivity contribution in [2.75, 3.05) is 13.1 Å². The Morgan fingerprint density at radius 2 is 1.83 bits per heavy atom. The van der Waals surface area contributed by atoms with E-state index in [0.717, 1.165) is 30.5 Å². The summed E-state index contributed by atoms with van der Waals surface area (Å²) in [5.74, 6) is 0.122. The quantitative estimate of drug-likeness (QED) is 0.474. The number of rotatable bonds is 10. The predicted molar refractivity (Wildman–Crippen MR) is 122 cm³/mol. The molecule has 1 aliphatic heterocycles. The van der Waals surface area contributed by atoms with Gasteiger partial charge in [-0.05, 0) is 25.0 Å². The number of benzene rings is 1. The maximum atomic E-state index is 12.7. The number of nitrogens with one attached hydrogen (secondary N) is 2. The highest BCUT2D eigenvalue weighted by Crippen LogP contribution is 2.30. The van der Waals surface area contributed by atoms with Gasteiger partial charge >= 0.3 is 6.18 Å². The van der Waals surface area contributed by atoms with Gasteiger partial charge in [-0.1, -0.05) is 41.6 Å². The lowest BCUT2D eigenvalue weighted by molar-refractivity contribution is -0.137. The molecule has 1 unspecified atom stereocenters. The standard InChI is InChI=1S/C24H23F3N6O3/c25-24(26,27)16-9-7-15(8-10-16)21-30-20(36-33-21)12-11-19(34)28-13-3-4-14-29-22-17-5-1-2-6-18(17)23(35)32-31-22/h1-2,5-10,18,29H,3-4,11-14H2,(H,28,34). The largest absolute Gasteiger partial charge is 0.416 e. The first-order chi connectivity index (χ1) is 17.3. The molecular weight excluding hydrogens is 477 g/mol. The van der Waals surface area contributed by atoms with Gasteiger partial charge in [0.25, 0.3) is 5.91 Å². The number of nitrogens with zero attached hydrogens (tertiary/aromatic N) is 4. The number of alkyl halides is 3. The van der Waals surface area contributed by atoms with E-state index in [0.29, 0.717) is 24.5 Å². The number of carbonyl (C=O) groups excluding carboxylic acids is 2. The summed E-state index contributed by atoms with van der Waals surface area (Å²) in [4.78, 5) is 28.0. The first-order valence-electron chi connectivity index (χ1n) is 11.4. The van der Waals surface area contributed by atoms with Crippen molar-refractivity contribution in [1.29, 1.82) is 0 Å². The van der Waals surface area contributed by atoms with Crippen LogP contribution in [0.2, 0.25) is 0 Å². The number of amides is 2. The first-order valence-corrected chi connectivity index (χ1v) is 11.4. The van der Waals surface area contributed by atoms with E-state index in [1.54, 1.807) is 6.08 Å².